The van der Waals surface area contributed by atoms with Gasteiger partial charge in [0.05, 0.1) is 10.8 Å². The molecule has 4 nitrogen and oxygen atoms in total. The second-order valence-electron chi connectivity index (χ2n) is 10.5. The van der Waals surface area contributed by atoms with Crippen molar-refractivity contribution >= 4 is 11.9 Å². The third-order valence-electron chi connectivity index (χ3n) is 6.39. The van der Waals surface area contributed by atoms with E-state index in [0.717, 1.165) is 77.0 Å². The second-order valence-corrected chi connectivity index (χ2v) is 10.5. The Balaban J connectivity index is 2.29. The number of unbranched alkanes of at least 4 members (excludes halogenated alkanes) is 6. The molecule has 176 valence electrons. The Labute approximate surface area is 189 Å². The molecule has 2 N–H and O–H groups in total. The van der Waals surface area contributed by atoms with Crippen LogP contribution in [-0.4, -0.2) is 22.2 Å². The van der Waals surface area contributed by atoms with E-state index >= 15 is 0 Å². The summed E-state index contributed by atoms with van der Waals surface area (Å²) in [7, 11) is 0. The maximum absolute atomic E-state index is 11.2. The standard InChI is InChI=1S/C27H44O4/c1-21-18-22(14-10-6-8-12-16-26(2,3)24(28)29)20-23(19-21)15-11-7-9-13-17-27(4,5)25(30)31/h18-20H,6-17H2,1-5H3,(H,28,29)(H,30,31). The Bertz CT molecular complexity index is 647. The smallest absolute Gasteiger partial charge is 0.309 e. The molecular formula is C27H44O4. The Morgan fingerprint density at radius 3 is 1.35 bits per heavy atom. The summed E-state index contributed by atoms with van der Waals surface area (Å²) < 4.78 is 0. The van der Waals surface area contributed by atoms with E-state index < -0.39 is 22.8 Å². The summed E-state index contributed by atoms with van der Waals surface area (Å²) in [5.74, 6) is -1.41. The van der Waals surface area contributed by atoms with Gasteiger partial charge in [-0.15, -0.1) is 0 Å². The minimum atomic E-state index is -0.705. The van der Waals surface area contributed by atoms with Gasteiger partial charge in [0.15, 0.2) is 0 Å². The molecule has 0 radical (unpaired) electrons. The lowest BCUT2D eigenvalue weighted by atomic mass is 9.87. The molecule has 0 aliphatic carbocycles. The third-order valence-corrected chi connectivity index (χ3v) is 6.39. The quantitative estimate of drug-likeness (QED) is 0.271. The Kier molecular flexibility index (Phi) is 11.3. The normalized spacial score (nSPS) is 12.2. The van der Waals surface area contributed by atoms with Crippen LogP contribution in [0.1, 0.15) is 109 Å². The number of carboxylic acid groups (broad SMARTS) is 2. The van der Waals surface area contributed by atoms with Gasteiger partial charge in [0, 0.05) is 0 Å². The summed E-state index contributed by atoms with van der Waals surface area (Å²) in [5, 5.41) is 18.4. The topological polar surface area (TPSA) is 74.6 Å². The molecule has 0 aromatic heterocycles. The molecule has 0 spiro atoms. The van der Waals surface area contributed by atoms with Crippen LogP contribution in [0.5, 0.6) is 0 Å². The zero-order valence-electron chi connectivity index (χ0n) is 20.4. The molecule has 31 heavy (non-hydrogen) atoms. The number of aliphatic carboxylic acids is 2. The van der Waals surface area contributed by atoms with Crippen LogP contribution in [-0.2, 0) is 22.4 Å². The first-order valence-electron chi connectivity index (χ1n) is 12.0. The van der Waals surface area contributed by atoms with Gasteiger partial charge in [-0.25, -0.2) is 0 Å². The van der Waals surface area contributed by atoms with Crippen LogP contribution in [0, 0.1) is 17.8 Å². The molecule has 0 bridgehead atoms. The van der Waals surface area contributed by atoms with Crippen molar-refractivity contribution in [3.05, 3.63) is 34.9 Å². The van der Waals surface area contributed by atoms with E-state index in [1.807, 2.05) is 0 Å². The minimum absolute atomic E-state index is 0.613. The monoisotopic (exact) mass is 432 g/mol. The average molecular weight is 433 g/mol. The number of hydrogen-bond acceptors (Lipinski definition) is 2. The van der Waals surface area contributed by atoms with Crippen LogP contribution in [0.4, 0.5) is 0 Å². The minimum Gasteiger partial charge on any atom is -0.481 e. The molecular weight excluding hydrogens is 388 g/mol. The first-order chi connectivity index (χ1) is 14.4. The zero-order chi connectivity index (χ0) is 23.5. The number of benzene rings is 1. The SMILES string of the molecule is Cc1cc(CCCCCCC(C)(C)C(=O)O)cc(CCCCCCC(C)(C)C(=O)O)c1. The van der Waals surface area contributed by atoms with Crippen LogP contribution in [0.25, 0.3) is 0 Å². The molecule has 0 aliphatic rings. The third kappa shape index (κ3) is 10.8. The molecule has 0 heterocycles. The predicted molar refractivity (Wildman–Crippen MR) is 128 cm³/mol. The van der Waals surface area contributed by atoms with Crippen LogP contribution in [0.2, 0.25) is 0 Å². The van der Waals surface area contributed by atoms with Crippen molar-refractivity contribution in [3.8, 4) is 0 Å². The fraction of sp³-hybridized carbons (Fsp3) is 0.704. The molecule has 1 aromatic rings. The number of aryl methyl sites for hydroxylation is 3. The summed E-state index contributed by atoms with van der Waals surface area (Å²) >= 11 is 0. The van der Waals surface area contributed by atoms with Crippen LogP contribution in [0.15, 0.2) is 18.2 Å². The van der Waals surface area contributed by atoms with Gasteiger partial charge in [0.1, 0.15) is 0 Å². The molecule has 4 heteroatoms. The summed E-state index contributed by atoms with van der Waals surface area (Å²) in [5.41, 5.74) is 2.91. The average Bonchev–Trinajstić information content (AvgIpc) is 2.66. The lowest BCUT2D eigenvalue weighted by Crippen LogP contribution is -2.23. The second kappa shape index (κ2) is 12.9. The highest BCUT2D eigenvalue weighted by Crippen LogP contribution is 2.25. The Hall–Kier alpha value is -1.84. The van der Waals surface area contributed by atoms with Gasteiger partial charge in [-0.3, -0.25) is 9.59 Å². The molecule has 0 saturated heterocycles. The van der Waals surface area contributed by atoms with E-state index in [1.165, 1.54) is 16.7 Å². The van der Waals surface area contributed by atoms with Crippen molar-refractivity contribution in [1.82, 2.24) is 0 Å². The molecule has 1 rings (SSSR count). The van der Waals surface area contributed by atoms with Crippen molar-refractivity contribution in [3.63, 3.8) is 0 Å². The maximum Gasteiger partial charge on any atom is 0.309 e. The molecule has 0 saturated carbocycles. The lowest BCUT2D eigenvalue weighted by molar-refractivity contribution is -0.148. The molecule has 0 aliphatic heterocycles. The van der Waals surface area contributed by atoms with Gasteiger partial charge < -0.3 is 10.2 Å². The van der Waals surface area contributed by atoms with E-state index in [0.29, 0.717) is 0 Å². The van der Waals surface area contributed by atoms with Gasteiger partial charge in [0.2, 0.25) is 0 Å². The van der Waals surface area contributed by atoms with Gasteiger partial charge in [-0.2, -0.15) is 0 Å². The van der Waals surface area contributed by atoms with Gasteiger partial charge in [-0.1, -0.05) is 62.3 Å². The highest BCUT2D eigenvalue weighted by Gasteiger charge is 2.26. The van der Waals surface area contributed by atoms with E-state index in [1.54, 1.807) is 27.7 Å². The molecule has 1 aromatic carbocycles. The van der Waals surface area contributed by atoms with Crippen molar-refractivity contribution in [2.45, 2.75) is 112 Å². The van der Waals surface area contributed by atoms with Crippen LogP contribution < -0.4 is 0 Å². The maximum atomic E-state index is 11.2. The number of hydrogen-bond donors (Lipinski definition) is 2. The summed E-state index contributed by atoms with van der Waals surface area (Å²) in [6, 6.07) is 6.91. The summed E-state index contributed by atoms with van der Waals surface area (Å²) in [6.45, 7) is 9.39. The summed E-state index contributed by atoms with van der Waals surface area (Å²) in [6.07, 6.45) is 12.4. The van der Waals surface area contributed by atoms with Gasteiger partial charge in [-0.05, 0) is 84.3 Å². The van der Waals surface area contributed by atoms with Crippen molar-refractivity contribution in [2.24, 2.45) is 10.8 Å². The predicted octanol–water partition coefficient (Wildman–Crippen LogP) is 7.20. The van der Waals surface area contributed by atoms with Crippen molar-refractivity contribution in [1.29, 1.82) is 0 Å². The van der Waals surface area contributed by atoms with Crippen molar-refractivity contribution < 1.29 is 19.8 Å². The summed E-state index contributed by atoms with van der Waals surface area (Å²) in [4.78, 5) is 22.3. The van der Waals surface area contributed by atoms with Crippen LogP contribution >= 0.6 is 0 Å². The first-order valence-corrected chi connectivity index (χ1v) is 12.0. The highest BCUT2D eigenvalue weighted by molar-refractivity contribution is 5.73. The number of carbonyl (C=O) groups is 2. The van der Waals surface area contributed by atoms with E-state index in [2.05, 4.69) is 25.1 Å². The first kappa shape index (κ1) is 27.2. The molecule has 0 unspecified atom stereocenters. The molecule has 0 amide bonds. The van der Waals surface area contributed by atoms with Gasteiger partial charge >= 0.3 is 11.9 Å². The Morgan fingerprint density at radius 2 is 1.00 bits per heavy atom. The van der Waals surface area contributed by atoms with Gasteiger partial charge in [0.25, 0.3) is 0 Å². The fourth-order valence-electron chi connectivity index (χ4n) is 3.95. The van der Waals surface area contributed by atoms with E-state index in [-0.39, 0.29) is 0 Å². The number of rotatable bonds is 16. The van der Waals surface area contributed by atoms with Crippen molar-refractivity contribution in [2.75, 3.05) is 0 Å². The Morgan fingerprint density at radius 1 is 0.645 bits per heavy atom. The largest absolute Gasteiger partial charge is 0.481 e. The van der Waals surface area contributed by atoms with Crippen LogP contribution in [0.3, 0.4) is 0 Å². The molecule has 0 atom stereocenters. The number of carboxylic acids is 2. The fourth-order valence-corrected chi connectivity index (χ4v) is 3.95. The zero-order valence-corrected chi connectivity index (χ0v) is 20.4. The highest BCUT2D eigenvalue weighted by atomic mass is 16.4. The lowest BCUT2D eigenvalue weighted by Gasteiger charge is -2.18. The van der Waals surface area contributed by atoms with E-state index in [9.17, 15) is 19.8 Å². The van der Waals surface area contributed by atoms with E-state index in [4.69, 9.17) is 0 Å². The molecule has 0 fully saturated rings.